The fourth-order valence-corrected chi connectivity index (χ4v) is 3.69. The van der Waals surface area contributed by atoms with Crippen LogP contribution < -0.4 is 14.8 Å². The van der Waals surface area contributed by atoms with Crippen LogP contribution >= 0.6 is 11.8 Å². The number of thioether (sulfide) groups is 1. The molecule has 1 N–H and O–H groups in total. The number of nitrogens with one attached hydrogen (secondary N) is 1. The molecule has 1 aromatic carbocycles. The van der Waals surface area contributed by atoms with Gasteiger partial charge < -0.3 is 19.7 Å². The van der Waals surface area contributed by atoms with Crippen LogP contribution in [0, 0.1) is 0 Å². The Morgan fingerprint density at radius 3 is 3.09 bits per heavy atom. The SMILES string of the molecule is CC(CCc1ccc2c(c1)OCO2)NC(=O)N1CCCSCC1. The highest BCUT2D eigenvalue weighted by atomic mass is 32.2. The standard InChI is InChI=1S/C17H24N2O3S/c1-13(18-17(20)19-7-2-9-23-10-8-19)3-4-14-5-6-15-16(11-14)22-12-21-15/h5-6,11,13H,2-4,7-10,12H2,1H3,(H,18,20). The maximum atomic E-state index is 12.3. The predicted octanol–water partition coefficient (Wildman–Crippen LogP) is 2.88. The zero-order valence-electron chi connectivity index (χ0n) is 13.5. The fourth-order valence-electron chi connectivity index (χ4n) is 2.80. The molecule has 0 saturated carbocycles. The van der Waals surface area contributed by atoms with Gasteiger partial charge in [-0.3, -0.25) is 0 Å². The highest BCUT2D eigenvalue weighted by Crippen LogP contribution is 2.32. The van der Waals surface area contributed by atoms with E-state index in [1.165, 1.54) is 5.56 Å². The Labute approximate surface area is 141 Å². The number of aryl methyl sites for hydroxylation is 1. The molecule has 0 aliphatic carbocycles. The van der Waals surface area contributed by atoms with Gasteiger partial charge in [-0.1, -0.05) is 6.07 Å². The minimum atomic E-state index is 0.0747. The third-order valence-electron chi connectivity index (χ3n) is 4.18. The molecule has 126 valence electrons. The summed E-state index contributed by atoms with van der Waals surface area (Å²) in [4.78, 5) is 14.2. The average molecular weight is 336 g/mol. The molecule has 0 radical (unpaired) electrons. The largest absolute Gasteiger partial charge is 0.454 e. The number of hydrogen-bond donors (Lipinski definition) is 1. The second-order valence-corrected chi connectivity index (χ2v) is 7.25. The van der Waals surface area contributed by atoms with Crippen molar-refractivity contribution in [3.05, 3.63) is 23.8 Å². The number of carbonyl (C=O) groups is 1. The number of carbonyl (C=O) groups excluding carboxylic acids is 1. The van der Waals surface area contributed by atoms with E-state index in [1.54, 1.807) is 0 Å². The molecule has 1 fully saturated rings. The molecule has 5 nitrogen and oxygen atoms in total. The van der Waals surface area contributed by atoms with Crippen molar-refractivity contribution in [3.63, 3.8) is 0 Å². The molecular weight excluding hydrogens is 312 g/mol. The number of hydrogen-bond acceptors (Lipinski definition) is 4. The quantitative estimate of drug-likeness (QED) is 0.918. The van der Waals surface area contributed by atoms with Crippen LogP contribution in [-0.2, 0) is 6.42 Å². The van der Waals surface area contributed by atoms with E-state index in [1.807, 2.05) is 28.8 Å². The van der Waals surface area contributed by atoms with E-state index in [-0.39, 0.29) is 12.1 Å². The first kappa shape index (κ1) is 16.3. The summed E-state index contributed by atoms with van der Waals surface area (Å²) in [5.41, 5.74) is 1.21. The van der Waals surface area contributed by atoms with E-state index in [4.69, 9.17) is 9.47 Å². The number of ether oxygens (including phenoxy) is 2. The molecule has 1 saturated heterocycles. The Kier molecular flexibility index (Phi) is 5.54. The molecule has 2 aliphatic heterocycles. The Morgan fingerprint density at radius 1 is 1.30 bits per heavy atom. The first-order chi connectivity index (χ1) is 11.2. The van der Waals surface area contributed by atoms with Crippen LogP contribution in [0.15, 0.2) is 18.2 Å². The summed E-state index contributed by atoms with van der Waals surface area (Å²) in [6.07, 6.45) is 2.91. The van der Waals surface area contributed by atoms with E-state index in [0.29, 0.717) is 6.79 Å². The van der Waals surface area contributed by atoms with Gasteiger partial charge in [0.1, 0.15) is 0 Å². The molecule has 2 aliphatic rings. The van der Waals surface area contributed by atoms with E-state index >= 15 is 0 Å². The summed E-state index contributed by atoms with van der Waals surface area (Å²) in [5.74, 6) is 3.83. The summed E-state index contributed by atoms with van der Waals surface area (Å²) in [7, 11) is 0. The van der Waals surface area contributed by atoms with Crippen LogP contribution in [0.4, 0.5) is 4.79 Å². The van der Waals surface area contributed by atoms with Gasteiger partial charge in [-0.2, -0.15) is 11.8 Å². The third kappa shape index (κ3) is 4.47. The van der Waals surface area contributed by atoms with Gasteiger partial charge in [0.05, 0.1) is 0 Å². The number of benzene rings is 1. The van der Waals surface area contributed by atoms with Crippen LogP contribution in [-0.4, -0.2) is 48.4 Å². The lowest BCUT2D eigenvalue weighted by Crippen LogP contribution is -2.44. The second kappa shape index (κ2) is 7.81. The average Bonchev–Trinajstić information content (AvgIpc) is 2.84. The molecule has 0 spiro atoms. The van der Waals surface area contributed by atoms with Crippen molar-refractivity contribution in [2.75, 3.05) is 31.4 Å². The molecule has 3 rings (SSSR count). The Bertz CT molecular complexity index is 545. The van der Waals surface area contributed by atoms with Crippen LogP contribution in [0.3, 0.4) is 0 Å². The number of fused-ring (bicyclic) bond motifs is 1. The monoisotopic (exact) mass is 336 g/mol. The first-order valence-corrected chi connectivity index (χ1v) is 9.39. The second-order valence-electron chi connectivity index (χ2n) is 6.03. The molecule has 2 amide bonds. The summed E-state index contributed by atoms with van der Waals surface area (Å²) in [6, 6.07) is 6.28. The topological polar surface area (TPSA) is 50.8 Å². The fraction of sp³-hybridized carbons (Fsp3) is 0.588. The molecule has 1 atom stereocenters. The lowest BCUT2D eigenvalue weighted by Gasteiger charge is -2.23. The molecule has 1 unspecified atom stereocenters. The Hall–Kier alpha value is -1.56. The van der Waals surface area contributed by atoms with Gasteiger partial charge in [-0.25, -0.2) is 4.79 Å². The smallest absolute Gasteiger partial charge is 0.317 e. The summed E-state index contributed by atoms with van der Waals surface area (Å²) in [6.45, 7) is 4.09. The minimum absolute atomic E-state index is 0.0747. The van der Waals surface area contributed by atoms with Crippen molar-refractivity contribution >= 4 is 17.8 Å². The molecule has 0 aromatic heterocycles. The van der Waals surface area contributed by atoms with Crippen molar-refractivity contribution in [3.8, 4) is 11.5 Å². The minimum Gasteiger partial charge on any atom is -0.454 e. The van der Waals surface area contributed by atoms with Crippen molar-refractivity contribution in [2.24, 2.45) is 0 Å². The molecule has 6 heteroatoms. The van der Waals surface area contributed by atoms with Gasteiger partial charge in [-0.05, 0) is 49.6 Å². The van der Waals surface area contributed by atoms with Gasteiger partial charge >= 0.3 is 6.03 Å². The summed E-state index contributed by atoms with van der Waals surface area (Å²) in [5, 5.41) is 3.12. The summed E-state index contributed by atoms with van der Waals surface area (Å²) >= 11 is 1.93. The predicted molar refractivity (Wildman–Crippen MR) is 92.4 cm³/mol. The molecular formula is C17H24N2O3S. The molecule has 0 bridgehead atoms. The van der Waals surface area contributed by atoms with E-state index < -0.39 is 0 Å². The highest BCUT2D eigenvalue weighted by Gasteiger charge is 2.18. The number of nitrogens with zero attached hydrogens (tertiary/aromatic N) is 1. The van der Waals surface area contributed by atoms with E-state index in [2.05, 4.69) is 18.3 Å². The molecule has 2 heterocycles. The van der Waals surface area contributed by atoms with Gasteiger partial charge in [0.15, 0.2) is 11.5 Å². The van der Waals surface area contributed by atoms with Crippen LogP contribution in [0.5, 0.6) is 11.5 Å². The normalized spacial score (nSPS) is 18.4. The first-order valence-electron chi connectivity index (χ1n) is 8.24. The maximum Gasteiger partial charge on any atom is 0.317 e. The van der Waals surface area contributed by atoms with Crippen LogP contribution in [0.25, 0.3) is 0 Å². The summed E-state index contributed by atoms with van der Waals surface area (Å²) < 4.78 is 10.7. The van der Waals surface area contributed by atoms with Crippen molar-refractivity contribution in [1.82, 2.24) is 10.2 Å². The highest BCUT2D eigenvalue weighted by molar-refractivity contribution is 7.99. The van der Waals surface area contributed by atoms with Crippen molar-refractivity contribution in [1.29, 1.82) is 0 Å². The van der Waals surface area contributed by atoms with Crippen molar-refractivity contribution < 1.29 is 14.3 Å². The number of rotatable bonds is 4. The maximum absolute atomic E-state index is 12.3. The van der Waals surface area contributed by atoms with Crippen molar-refractivity contribution in [2.45, 2.75) is 32.2 Å². The van der Waals surface area contributed by atoms with Crippen LogP contribution in [0.1, 0.15) is 25.3 Å². The van der Waals surface area contributed by atoms with Gasteiger partial charge in [0.25, 0.3) is 0 Å². The third-order valence-corrected chi connectivity index (χ3v) is 5.23. The lowest BCUT2D eigenvalue weighted by atomic mass is 10.1. The van der Waals surface area contributed by atoms with Crippen LogP contribution in [0.2, 0.25) is 0 Å². The van der Waals surface area contributed by atoms with Gasteiger partial charge in [0, 0.05) is 24.9 Å². The van der Waals surface area contributed by atoms with Gasteiger partial charge in [-0.15, -0.1) is 0 Å². The number of amides is 2. The zero-order valence-corrected chi connectivity index (χ0v) is 14.4. The van der Waals surface area contributed by atoms with E-state index in [9.17, 15) is 4.79 Å². The molecule has 23 heavy (non-hydrogen) atoms. The van der Waals surface area contributed by atoms with Gasteiger partial charge in [0.2, 0.25) is 6.79 Å². The lowest BCUT2D eigenvalue weighted by molar-refractivity contribution is 0.174. The number of urea groups is 1. The Balaban J connectivity index is 1.45. The zero-order chi connectivity index (χ0) is 16.1. The van der Waals surface area contributed by atoms with E-state index in [0.717, 1.165) is 55.4 Å². The molecule has 1 aromatic rings. The Morgan fingerprint density at radius 2 is 2.17 bits per heavy atom.